The number of halogens is 1. The smallest absolute Gasteiger partial charge is 0.410 e. The minimum Gasteiger partial charge on any atom is -0.460 e. The predicted octanol–water partition coefficient (Wildman–Crippen LogP) is 3.86. The maximum Gasteiger partial charge on any atom is 0.410 e. The Morgan fingerprint density at radius 1 is 1.13 bits per heavy atom. The van der Waals surface area contributed by atoms with E-state index in [1.165, 1.54) is 36.1 Å². The molecule has 0 unspecified atom stereocenters. The first-order valence-electron chi connectivity index (χ1n) is 18.1. The number of amides is 3. The molecule has 0 aromatic heterocycles. The maximum atomic E-state index is 14.5. The van der Waals surface area contributed by atoms with Gasteiger partial charge >= 0.3 is 18.0 Å². The molecule has 2 aliphatic carbocycles. The lowest BCUT2D eigenvalue weighted by atomic mass is 9.90. The van der Waals surface area contributed by atoms with Crippen molar-refractivity contribution in [2.75, 3.05) is 6.54 Å². The Labute approximate surface area is 314 Å². The number of benzene rings is 1. The van der Waals surface area contributed by atoms with E-state index in [1.54, 1.807) is 33.8 Å². The van der Waals surface area contributed by atoms with Crippen LogP contribution in [0.3, 0.4) is 0 Å². The maximum absolute atomic E-state index is 14.5. The van der Waals surface area contributed by atoms with Crippen molar-refractivity contribution in [3.8, 4) is 0 Å². The van der Waals surface area contributed by atoms with Crippen LogP contribution in [0.1, 0.15) is 84.3 Å². The summed E-state index contributed by atoms with van der Waals surface area (Å²) in [6.45, 7) is 11.5. The van der Waals surface area contributed by atoms with Crippen LogP contribution in [0.5, 0.6) is 0 Å². The summed E-state index contributed by atoms with van der Waals surface area (Å²) < 4.78 is 58.7. The van der Waals surface area contributed by atoms with Gasteiger partial charge in [0.15, 0.2) is 5.78 Å². The highest BCUT2D eigenvalue weighted by Gasteiger charge is 2.61. The minimum absolute atomic E-state index is 0.0457. The molecule has 0 bridgehead atoms. The Hall–Kier alpha value is -4.60. The molecule has 1 saturated heterocycles. The number of hydrogen-bond acceptors (Lipinski definition) is 11. The predicted molar refractivity (Wildman–Crippen MR) is 191 cm³/mol. The van der Waals surface area contributed by atoms with Crippen LogP contribution in [0.25, 0.3) is 0 Å². The number of esters is 2. The molecule has 54 heavy (non-hydrogen) atoms. The molecule has 2 heterocycles. The molecule has 0 spiro atoms. The zero-order valence-corrected chi connectivity index (χ0v) is 32.0. The number of carbonyl (C=O) groups is 6. The van der Waals surface area contributed by atoms with Crippen LogP contribution in [0, 0.1) is 23.1 Å². The molecule has 3 fully saturated rings. The van der Waals surface area contributed by atoms with Crippen molar-refractivity contribution >= 4 is 45.7 Å². The number of allylic oxidation sites excluding steroid dienone is 2. The van der Waals surface area contributed by atoms with Gasteiger partial charge in [0.1, 0.15) is 23.6 Å². The molecular formula is C38H48FN3O11S. The first-order chi connectivity index (χ1) is 25.3. The molecule has 294 valence electrons. The second kappa shape index (κ2) is 15.6. The van der Waals surface area contributed by atoms with Gasteiger partial charge in [-0.2, -0.15) is 0 Å². The second-order valence-electron chi connectivity index (χ2n) is 15.5. The van der Waals surface area contributed by atoms with Crippen LogP contribution >= 0.6 is 0 Å². The van der Waals surface area contributed by atoms with Gasteiger partial charge in [0, 0.05) is 31.0 Å². The molecule has 3 amide bonds. The Kier molecular flexibility index (Phi) is 11.7. The highest BCUT2D eigenvalue weighted by molar-refractivity contribution is 7.90. The quantitative estimate of drug-likeness (QED) is 0.125. The number of carbonyl (C=O) groups excluding carboxylic acids is 6. The van der Waals surface area contributed by atoms with Gasteiger partial charge in [-0.05, 0) is 71.4 Å². The molecule has 2 aliphatic heterocycles. The normalized spacial score (nSPS) is 24.7. The van der Waals surface area contributed by atoms with Crippen LogP contribution in [0.15, 0.2) is 43.0 Å². The summed E-state index contributed by atoms with van der Waals surface area (Å²) >= 11 is 0. The Morgan fingerprint density at radius 3 is 2.43 bits per heavy atom. The number of Topliss-reactive ketones (excluding diaryl/α,β-unsaturated/α-hetero) is 1. The number of ether oxygens (including phenoxy) is 3. The summed E-state index contributed by atoms with van der Waals surface area (Å²) in [5, 5.41) is -0.681. The number of ketones is 1. The van der Waals surface area contributed by atoms with Gasteiger partial charge in [0.25, 0.3) is 0 Å². The molecule has 5 rings (SSSR count). The summed E-state index contributed by atoms with van der Waals surface area (Å²) in [6, 6.07) is 3.25. The van der Waals surface area contributed by atoms with Gasteiger partial charge in [-0.3, -0.25) is 28.8 Å². The Morgan fingerprint density at radius 2 is 1.83 bits per heavy atom. The largest absolute Gasteiger partial charge is 0.460 e. The van der Waals surface area contributed by atoms with Crippen LogP contribution in [-0.2, 0) is 61.3 Å². The van der Waals surface area contributed by atoms with E-state index < -0.39 is 111 Å². The monoisotopic (exact) mass is 773 g/mol. The average molecular weight is 774 g/mol. The highest BCUT2D eigenvalue weighted by atomic mass is 32.2. The number of rotatable bonds is 14. The van der Waals surface area contributed by atoms with Gasteiger partial charge in [-0.25, -0.2) is 22.4 Å². The second-order valence-corrected chi connectivity index (χ2v) is 17.5. The van der Waals surface area contributed by atoms with Crippen molar-refractivity contribution in [1.82, 2.24) is 14.5 Å². The van der Waals surface area contributed by atoms with Crippen LogP contribution in [0.4, 0.5) is 9.18 Å². The molecular weight excluding hydrogens is 725 g/mol. The minimum atomic E-state index is -3.94. The van der Waals surface area contributed by atoms with E-state index in [-0.39, 0.29) is 32.5 Å². The van der Waals surface area contributed by atoms with Crippen molar-refractivity contribution in [1.29, 1.82) is 0 Å². The van der Waals surface area contributed by atoms with E-state index >= 15 is 0 Å². The molecule has 0 radical (unpaired) electrons. The third-order valence-electron chi connectivity index (χ3n) is 10.2. The van der Waals surface area contributed by atoms with Crippen molar-refractivity contribution in [2.24, 2.45) is 17.3 Å². The van der Waals surface area contributed by atoms with Gasteiger partial charge in [0.05, 0.1) is 42.1 Å². The topological polar surface area (TPSA) is 183 Å². The SMILES string of the molecule is C=C[C@@H]1C[C@]1(CC(=O)[C@@H]1C[C@@H](OC(=O)N2Cc3cccc(F)c3C2)CN1C(=O)[C@@H](CC(=O)OC(C)(C)C)[C@@H](C)OC(=O)/C=C/C)C(=O)NS(=O)(=O)C1CC1. The standard InChI is InChI=1S/C38H48FN3O11S/c1-7-10-32(44)51-22(3)27(16-33(45)53-37(4,5)6)34(46)42-20-25(52-36(48)41-19-23-11-9-12-29(39)28(23)21-41)15-30(42)31(43)18-38(17-24(38)8-2)35(47)40-54(49,50)26-13-14-26/h7-12,22,24-27,30H,2,13-21H2,1,3-6H3,(H,40,47)/b10-7+/t22-,24-,25-,27+,30+,38-/m1/s1. The zero-order valence-electron chi connectivity index (χ0n) is 31.2. The summed E-state index contributed by atoms with van der Waals surface area (Å²) in [4.78, 5) is 83.7. The lowest BCUT2D eigenvalue weighted by molar-refractivity contribution is -0.164. The van der Waals surface area contributed by atoms with E-state index in [0.29, 0.717) is 24.0 Å². The Balaban J connectivity index is 1.41. The average Bonchev–Trinajstić information content (AvgIpc) is 3.97. The number of nitrogens with one attached hydrogen (secondary N) is 1. The first-order valence-corrected chi connectivity index (χ1v) is 19.6. The fraction of sp³-hybridized carbons (Fsp3) is 0.579. The fourth-order valence-electron chi connectivity index (χ4n) is 7.14. The number of likely N-dealkylation sites (tertiary alicyclic amines) is 1. The molecule has 6 atom stereocenters. The molecule has 2 saturated carbocycles. The van der Waals surface area contributed by atoms with Crippen LogP contribution in [-0.4, -0.2) is 89.5 Å². The summed E-state index contributed by atoms with van der Waals surface area (Å²) in [5.41, 5.74) is -1.37. The van der Waals surface area contributed by atoms with E-state index in [4.69, 9.17) is 14.2 Å². The van der Waals surface area contributed by atoms with Crippen molar-refractivity contribution < 1.29 is 55.8 Å². The van der Waals surface area contributed by atoms with Crippen molar-refractivity contribution in [3.63, 3.8) is 0 Å². The molecule has 14 nitrogen and oxygen atoms in total. The third kappa shape index (κ3) is 9.19. The van der Waals surface area contributed by atoms with E-state index in [2.05, 4.69) is 11.3 Å². The number of hydrogen-bond donors (Lipinski definition) is 1. The van der Waals surface area contributed by atoms with E-state index in [1.807, 2.05) is 0 Å². The Bertz CT molecular complexity index is 1850. The van der Waals surface area contributed by atoms with Crippen LogP contribution in [0.2, 0.25) is 0 Å². The zero-order chi connectivity index (χ0) is 39.7. The summed E-state index contributed by atoms with van der Waals surface area (Å²) in [5.74, 6) is -6.05. The number of sulfonamides is 1. The van der Waals surface area contributed by atoms with Crippen molar-refractivity contribution in [2.45, 2.75) is 115 Å². The molecule has 16 heteroatoms. The van der Waals surface area contributed by atoms with Gasteiger partial charge in [-0.15, -0.1) is 6.58 Å². The summed E-state index contributed by atoms with van der Waals surface area (Å²) in [6.07, 6.45) is 0.878. The van der Waals surface area contributed by atoms with Gasteiger partial charge < -0.3 is 19.1 Å². The molecule has 1 aromatic carbocycles. The van der Waals surface area contributed by atoms with E-state index in [9.17, 15) is 41.6 Å². The van der Waals surface area contributed by atoms with Crippen molar-refractivity contribution in [3.05, 3.63) is 60.0 Å². The number of nitrogens with zero attached hydrogens (tertiary/aromatic N) is 2. The van der Waals surface area contributed by atoms with E-state index in [0.717, 1.165) is 11.0 Å². The molecule has 1 N–H and O–H groups in total. The summed E-state index contributed by atoms with van der Waals surface area (Å²) in [7, 11) is -3.94. The highest BCUT2D eigenvalue weighted by Crippen LogP contribution is 2.57. The third-order valence-corrected chi connectivity index (χ3v) is 12.0. The first kappa shape index (κ1) is 40.6. The lowest BCUT2D eigenvalue weighted by Gasteiger charge is -2.31. The fourth-order valence-corrected chi connectivity index (χ4v) is 8.52. The van der Waals surface area contributed by atoms with Gasteiger partial charge in [0.2, 0.25) is 21.8 Å². The molecule has 4 aliphatic rings. The van der Waals surface area contributed by atoms with Crippen LogP contribution < -0.4 is 4.72 Å². The molecule has 1 aromatic rings. The van der Waals surface area contributed by atoms with Gasteiger partial charge in [-0.1, -0.05) is 24.3 Å². The number of fused-ring (bicyclic) bond motifs is 1. The lowest BCUT2D eigenvalue weighted by Crippen LogP contribution is -2.49.